The van der Waals surface area contributed by atoms with Gasteiger partial charge in [0.05, 0.1) is 23.7 Å². The fourth-order valence-corrected chi connectivity index (χ4v) is 8.17. The highest BCUT2D eigenvalue weighted by atomic mass is 79.9. The van der Waals surface area contributed by atoms with Gasteiger partial charge in [0.25, 0.3) is 0 Å². The first-order valence-electron chi connectivity index (χ1n) is 12.4. The minimum Gasteiger partial charge on any atom is -0.497 e. The number of nitrogens with one attached hydrogen (secondary N) is 1. The van der Waals surface area contributed by atoms with Crippen molar-refractivity contribution < 1.29 is 19.1 Å². The van der Waals surface area contributed by atoms with Crippen LogP contribution >= 0.6 is 39.0 Å². The Morgan fingerprint density at radius 1 is 0.950 bits per heavy atom. The smallest absolute Gasteiger partial charge is 0.308 e. The van der Waals surface area contributed by atoms with Gasteiger partial charge < -0.3 is 10.1 Å². The first-order valence-corrected chi connectivity index (χ1v) is 14.9. The molecule has 0 bridgehead atoms. The van der Waals surface area contributed by atoms with Crippen molar-refractivity contribution in [3.63, 3.8) is 0 Å². The zero-order chi connectivity index (χ0) is 28.0. The number of carbonyl (C=O) groups is 3. The van der Waals surface area contributed by atoms with E-state index in [1.165, 1.54) is 21.2 Å². The molecular formula is C29H22BrN3O5S2. The van der Waals surface area contributed by atoms with E-state index in [2.05, 4.69) is 21.2 Å². The van der Waals surface area contributed by atoms with Gasteiger partial charge in [-0.05, 0) is 54.1 Å². The molecule has 0 unspecified atom stereocenters. The Balaban J connectivity index is 1.42. The molecule has 0 radical (unpaired) electrons. The van der Waals surface area contributed by atoms with Crippen molar-refractivity contribution in [2.45, 2.75) is 22.7 Å². The third kappa shape index (κ3) is 4.67. The summed E-state index contributed by atoms with van der Waals surface area (Å²) in [4.78, 5) is 55.5. The molecule has 8 nitrogen and oxygen atoms in total. The van der Waals surface area contributed by atoms with Gasteiger partial charge in [-0.1, -0.05) is 69.4 Å². The van der Waals surface area contributed by atoms with E-state index in [4.69, 9.17) is 4.74 Å². The zero-order valence-electron chi connectivity index (χ0n) is 21.1. The van der Waals surface area contributed by atoms with Crippen LogP contribution in [0.2, 0.25) is 0 Å². The molecule has 11 heteroatoms. The summed E-state index contributed by atoms with van der Waals surface area (Å²) < 4.78 is 7.56. The van der Waals surface area contributed by atoms with Crippen LogP contribution < -0.4 is 19.8 Å². The minimum absolute atomic E-state index is 0.210. The molecule has 4 aromatic rings. The van der Waals surface area contributed by atoms with Gasteiger partial charge in [-0.2, -0.15) is 0 Å². The monoisotopic (exact) mass is 635 g/mol. The lowest BCUT2D eigenvalue weighted by atomic mass is 9.83. The van der Waals surface area contributed by atoms with Crippen molar-refractivity contribution in [2.24, 2.45) is 5.92 Å². The number of imide groups is 1. The summed E-state index contributed by atoms with van der Waals surface area (Å²) in [7, 11) is 1.57. The van der Waals surface area contributed by atoms with Gasteiger partial charge in [0.2, 0.25) is 17.7 Å². The molecule has 1 aromatic heterocycles. The lowest BCUT2D eigenvalue weighted by molar-refractivity contribution is -0.122. The highest BCUT2D eigenvalue weighted by Gasteiger charge is 2.56. The maximum atomic E-state index is 13.9. The molecule has 0 saturated carbocycles. The van der Waals surface area contributed by atoms with Crippen molar-refractivity contribution in [3.05, 3.63) is 103 Å². The summed E-state index contributed by atoms with van der Waals surface area (Å²) in [5.41, 5.74) is 1.90. The Kier molecular flexibility index (Phi) is 7.11. The van der Waals surface area contributed by atoms with Crippen molar-refractivity contribution in [3.8, 4) is 5.75 Å². The molecule has 3 atom stereocenters. The topological polar surface area (TPSA) is 97.7 Å². The molecule has 3 amide bonds. The van der Waals surface area contributed by atoms with E-state index in [1.54, 1.807) is 55.6 Å². The number of halogens is 1. The highest BCUT2D eigenvalue weighted by molar-refractivity contribution is 9.10. The fraction of sp³-hybridized carbons (Fsp3) is 0.172. The van der Waals surface area contributed by atoms with Crippen LogP contribution in [0.4, 0.5) is 11.4 Å². The molecular weight excluding hydrogens is 614 g/mol. The van der Waals surface area contributed by atoms with E-state index in [0.29, 0.717) is 27.0 Å². The number of aromatic nitrogens is 1. The van der Waals surface area contributed by atoms with Crippen LogP contribution in [0.1, 0.15) is 16.4 Å². The number of para-hydroxylation sites is 1. The summed E-state index contributed by atoms with van der Waals surface area (Å²) in [6, 6.07) is 23.3. The average molecular weight is 637 g/mol. The van der Waals surface area contributed by atoms with Gasteiger partial charge in [-0.15, -0.1) is 0 Å². The number of amides is 3. The number of thiazole rings is 1. The second-order valence-electron chi connectivity index (χ2n) is 9.34. The van der Waals surface area contributed by atoms with E-state index in [9.17, 15) is 19.2 Å². The van der Waals surface area contributed by atoms with Crippen LogP contribution in [-0.2, 0) is 20.9 Å². The molecule has 1 saturated heterocycles. The predicted molar refractivity (Wildman–Crippen MR) is 158 cm³/mol. The lowest BCUT2D eigenvalue weighted by Crippen LogP contribution is -2.33. The highest BCUT2D eigenvalue weighted by Crippen LogP contribution is 2.54. The number of ether oxygens (including phenoxy) is 1. The van der Waals surface area contributed by atoms with E-state index >= 15 is 0 Å². The number of benzene rings is 3. The second-order valence-corrected chi connectivity index (χ2v) is 12.4. The molecule has 2 aliphatic rings. The molecule has 0 spiro atoms. The standard InChI is InChI=1S/C29H22BrN3O5S2/c1-38-20-13-7-16(8-14-20)22-23-24(27(36)33(26(23)35)19-11-9-17(30)10-12-19)39-28-25(22)40-29(37)32(28)15-21(34)31-18-5-3-2-4-6-18/h2-14,22-24H,15H2,1H3,(H,31,34)/t22-,23+,24-/m0/s1. The average Bonchev–Trinajstić information content (AvgIpc) is 3.40. The number of anilines is 2. The Labute approximate surface area is 246 Å². The van der Waals surface area contributed by atoms with Crippen molar-refractivity contribution >= 4 is 68.1 Å². The Morgan fingerprint density at radius 2 is 1.65 bits per heavy atom. The Bertz CT molecular complexity index is 1670. The van der Waals surface area contributed by atoms with Crippen LogP contribution in [0.3, 0.4) is 0 Å². The van der Waals surface area contributed by atoms with Gasteiger partial charge in [0.15, 0.2) is 0 Å². The van der Waals surface area contributed by atoms with Crippen LogP contribution in [0.25, 0.3) is 0 Å². The van der Waals surface area contributed by atoms with Crippen molar-refractivity contribution in [1.82, 2.24) is 4.57 Å². The maximum Gasteiger partial charge on any atom is 0.308 e. The van der Waals surface area contributed by atoms with Crippen LogP contribution in [0.15, 0.2) is 93.2 Å². The van der Waals surface area contributed by atoms with Gasteiger partial charge >= 0.3 is 4.87 Å². The Hall–Kier alpha value is -3.67. The van der Waals surface area contributed by atoms with Crippen LogP contribution in [-0.4, -0.2) is 34.6 Å². The number of methoxy groups -OCH3 is 1. The first kappa shape index (κ1) is 26.5. The molecule has 1 fully saturated rings. The summed E-state index contributed by atoms with van der Waals surface area (Å²) in [5.74, 6) is -1.62. The van der Waals surface area contributed by atoms with Gasteiger partial charge in [0, 0.05) is 21.0 Å². The molecule has 202 valence electrons. The van der Waals surface area contributed by atoms with Gasteiger partial charge in [-0.25, -0.2) is 4.90 Å². The van der Waals surface area contributed by atoms with Crippen molar-refractivity contribution in [1.29, 1.82) is 0 Å². The van der Waals surface area contributed by atoms with E-state index in [0.717, 1.165) is 21.4 Å². The largest absolute Gasteiger partial charge is 0.497 e. The summed E-state index contributed by atoms with van der Waals surface area (Å²) >= 11 is 5.61. The maximum absolute atomic E-state index is 13.9. The predicted octanol–water partition coefficient (Wildman–Crippen LogP) is 5.12. The minimum atomic E-state index is -0.756. The number of hydrogen-bond donors (Lipinski definition) is 1. The number of nitrogens with zero attached hydrogens (tertiary/aromatic N) is 2. The summed E-state index contributed by atoms with van der Waals surface area (Å²) in [5, 5.41) is 2.60. The number of fused-ring (bicyclic) bond motifs is 2. The molecule has 6 rings (SSSR count). The SMILES string of the molecule is COc1ccc([C@@H]2c3sc(=O)n(CC(=O)Nc4ccccc4)c3S[C@@H]3C(=O)N(c4ccc(Br)cc4)C(=O)[C@H]23)cc1. The van der Waals surface area contributed by atoms with Crippen molar-refractivity contribution in [2.75, 3.05) is 17.3 Å². The van der Waals surface area contributed by atoms with Gasteiger partial charge in [0.1, 0.15) is 17.5 Å². The third-order valence-electron chi connectivity index (χ3n) is 6.97. The zero-order valence-corrected chi connectivity index (χ0v) is 24.3. The molecule has 0 aliphatic carbocycles. The molecule has 2 aliphatic heterocycles. The summed E-state index contributed by atoms with van der Waals surface area (Å²) in [6.45, 7) is -0.210. The number of thioether (sulfide) groups is 1. The number of carbonyl (C=O) groups excluding carboxylic acids is 3. The lowest BCUT2D eigenvalue weighted by Gasteiger charge is -2.30. The van der Waals surface area contributed by atoms with Crippen LogP contribution in [0, 0.1) is 5.92 Å². The Morgan fingerprint density at radius 3 is 2.33 bits per heavy atom. The summed E-state index contributed by atoms with van der Waals surface area (Å²) in [6.07, 6.45) is 0. The number of rotatable bonds is 6. The molecule has 40 heavy (non-hydrogen) atoms. The normalized spacial score (nSPS) is 19.8. The molecule has 3 aromatic carbocycles. The van der Waals surface area contributed by atoms with Crippen LogP contribution in [0.5, 0.6) is 5.75 Å². The van der Waals surface area contributed by atoms with E-state index in [-0.39, 0.29) is 29.1 Å². The quantitative estimate of drug-likeness (QED) is 0.296. The third-order valence-corrected chi connectivity index (χ3v) is 10.1. The molecule has 1 N–H and O–H groups in total. The van der Waals surface area contributed by atoms with Gasteiger partial charge in [-0.3, -0.25) is 23.7 Å². The second kappa shape index (κ2) is 10.7. The van der Waals surface area contributed by atoms with E-state index < -0.39 is 17.1 Å². The number of hydrogen-bond acceptors (Lipinski definition) is 7. The van der Waals surface area contributed by atoms with E-state index in [1.807, 2.05) is 30.3 Å². The first-order chi connectivity index (χ1) is 19.4. The molecule has 3 heterocycles. The fourth-order valence-electron chi connectivity index (χ4n) is 5.14.